The molecule has 10 rings (SSSR count). The van der Waals surface area contributed by atoms with Gasteiger partial charge < -0.3 is 14.2 Å². The number of imidazole rings is 1. The highest BCUT2D eigenvalue weighted by molar-refractivity contribution is 7.91. The molecule has 15 nitrogen and oxygen atoms in total. The number of ether oxygens (including phenoxy) is 1. The highest BCUT2D eigenvalue weighted by atomic mass is 32.2. The summed E-state index contributed by atoms with van der Waals surface area (Å²) >= 11 is 0. The lowest BCUT2D eigenvalue weighted by Crippen LogP contribution is -2.41. The summed E-state index contributed by atoms with van der Waals surface area (Å²) in [7, 11) is -3.52. The molecule has 1 saturated carbocycles. The molecule has 344 valence electrons. The van der Waals surface area contributed by atoms with Gasteiger partial charge in [-0.2, -0.15) is 5.10 Å². The van der Waals surface area contributed by atoms with Gasteiger partial charge in [-0.25, -0.2) is 31.5 Å². The average molecular weight is 921 g/mol. The van der Waals surface area contributed by atoms with Crippen molar-refractivity contribution in [2.45, 2.75) is 90.0 Å². The number of hydrogen-bond donors (Lipinski definition) is 1. The third kappa shape index (κ3) is 6.81. The summed E-state index contributed by atoms with van der Waals surface area (Å²) in [5.41, 5.74) is 3.39. The first-order valence-electron chi connectivity index (χ1n) is 22.4. The van der Waals surface area contributed by atoms with Gasteiger partial charge in [0.15, 0.2) is 15.7 Å². The van der Waals surface area contributed by atoms with Gasteiger partial charge in [-0.15, -0.1) is 0 Å². The van der Waals surface area contributed by atoms with E-state index < -0.39 is 43.9 Å². The number of benzene rings is 3. The summed E-state index contributed by atoms with van der Waals surface area (Å²) in [5, 5.41) is 9.08. The van der Waals surface area contributed by atoms with E-state index in [-0.39, 0.29) is 47.0 Å². The number of nitrogens with one attached hydrogen (secondary N) is 1. The number of amides is 1. The number of aromatic amines is 1. The largest absolute Gasteiger partial charge is 0.438 e. The maximum Gasteiger partial charge on any atom is 0.438 e. The first-order valence-corrected chi connectivity index (χ1v) is 24.1. The Morgan fingerprint density at radius 1 is 0.985 bits per heavy atom. The highest BCUT2D eigenvalue weighted by Crippen LogP contribution is 2.56. The molecule has 18 heteroatoms. The van der Waals surface area contributed by atoms with E-state index in [0.29, 0.717) is 71.6 Å². The monoisotopic (exact) mass is 920 g/mol. The minimum Gasteiger partial charge on any atom is -0.381 e. The molecule has 2 aliphatic heterocycles. The van der Waals surface area contributed by atoms with Crippen molar-refractivity contribution in [1.29, 1.82) is 0 Å². The van der Waals surface area contributed by atoms with Crippen LogP contribution in [0, 0.1) is 31.4 Å². The van der Waals surface area contributed by atoms with Crippen molar-refractivity contribution in [2.75, 3.05) is 25.5 Å². The molecule has 0 radical (unpaired) electrons. The molecular weight excluding hydrogens is 871 g/mol. The SMILES string of the molecule is CCS(=O)(=O)C(C)c1ccc(-n2ccn(-c3c4c(nn3-c3cc(C)c(F)c(C)c3)CCN(C(=O)c3cc5cc(C6CCOCC6)ccc5n3[C@@]3(c5noc(=O)[nH]5)C[C@@H]3C)[C@H]4C)c2=O)c(F)c1. The first kappa shape index (κ1) is 43.5. The van der Waals surface area contributed by atoms with Gasteiger partial charge in [0.2, 0.25) is 0 Å². The molecule has 0 spiro atoms. The van der Waals surface area contributed by atoms with Gasteiger partial charge in [0, 0.05) is 60.8 Å². The Bertz CT molecular complexity index is 3310. The number of H-pyrrole nitrogens is 1. The zero-order valence-electron chi connectivity index (χ0n) is 37.5. The predicted molar refractivity (Wildman–Crippen MR) is 242 cm³/mol. The summed E-state index contributed by atoms with van der Waals surface area (Å²) in [4.78, 5) is 47.0. The van der Waals surface area contributed by atoms with Crippen LogP contribution in [0.25, 0.3) is 28.1 Å². The Labute approximate surface area is 378 Å². The number of hydrogen-bond acceptors (Lipinski definition) is 9. The topological polar surface area (TPSA) is 172 Å². The van der Waals surface area contributed by atoms with E-state index in [4.69, 9.17) is 14.4 Å². The molecule has 1 amide bonds. The summed E-state index contributed by atoms with van der Waals surface area (Å²) in [6.07, 6.45) is 5.59. The van der Waals surface area contributed by atoms with E-state index in [0.717, 1.165) is 39.9 Å². The standard InChI is InChI=1S/C48H50F2N8O7S/c1-7-66(62,63)30(6)32-8-11-39(36(49)23-32)55-16-17-56(47(55)61)43-41-29(5)54(15-12-37(41)52-58(43)35-20-26(2)42(50)27(3)21-35)44(59)40-24-34-22-33(31-13-18-64-19-14-31)9-10-38(34)57(40)48(25-28(48)4)45-51-46(60)65-53-45/h8-11,16-17,20-24,28-31H,7,12-15,18-19,25H2,1-6H3,(H,51,53,60)/t28-,29-,30?,48-/m0/s1. The van der Waals surface area contributed by atoms with Crippen LogP contribution >= 0.6 is 0 Å². The van der Waals surface area contributed by atoms with Crippen LogP contribution in [0.3, 0.4) is 0 Å². The fraction of sp³-hybridized carbons (Fsp3) is 0.396. The number of halogens is 2. The van der Waals surface area contributed by atoms with Gasteiger partial charge in [-0.05, 0) is 124 Å². The van der Waals surface area contributed by atoms with E-state index >= 15 is 13.6 Å². The molecule has 1 aliphatic carbocycles. The van der Waals surface area contributed by atoms with Crippen molar-refractivity contribution < 1.29 is 31.3 Å². The van der Waals surface area contributed by atoms with Gasteiger partial charge >= 0.3 is 11.4 Å². The number of rotatable bonds is 10. The van der Waals surface area contributed by atoms with E-state index in [1.54, 1.807) is 35.6 Å². The van der Waals surface area contributed by atoms with Crippen molar-refractivity contribution in [1.82, 2.24) is 38.5 Å². The zero-order chi connectivity index (χ0) is 46.6. The van der Waals surface area contributed by atoms with Crippen LogP contribution in [-0.2, 0) is 26.5 Å². The summed E-state index contributed by atoms with van der Waals surface area (Å²) in [5.74, 6) is -1.35. The number of nitrogens with zero attached hydrogens (tertiary/aromatic N) is 7. The Hall–Kier alpha value is -6.40. The molecule has 7 aromatic rings. The zero-order valence-corrected chi connectivity index (χ0v) is 38.3. The highest BCUT2D eigenvalue weighted by Gasteiger charge is 2.59. The summed E-state index contributed by atoms with van der Waals surface area (Å²) in [6.45, 7) is 11.9. The Balaban J connectivity index is 1.10. The van der Waals surface area contributed by atoms with Crippen LogP contribution in [0.4, 0.5) is 8.78 Å². The maximum atomic E-state index is 16.0. The Kier molecular flexibility index (Phi) is 10.5. The van der Waals surface area contributed by atoms with Gasteiger partial charge in [0.25, 0.3) is 5.91 Å². The second kappa shape index (κ2) is 15.9. The van der Waals surface area contributed by atoms with E-state index in [9.17, 15) is 18.0 Å². The fourth-order valence-corrected chi connectivity index (χ4v) is 11.4. The molecule has 1 unspecified atom stereocenters. The van der Waals surface area contributed by atoms with Gasteiger partial charge in [0.1, 0.15) is 28.7 Å². The second-order valence-corrected chi connectivity index (χ2v) is 20.7. The molecule has 6 heterocycles. The van der Waals surface area contributed by atoms with Crippen LogP contribution in [0.2, 0.25) is 0 Å². The van der Waals surface area contributed by atoms with Crippen LogP contribution in [0.15, 0.2) is 81.1 Å². The molecule has 4 aromatic heterocycles. The van der Waals surface area contributed by atoms with Gasteiger partial charge in [-0.3, -0.25) is 23.4 Å². The van der Waals surface area contributed by atoms with Gasteiger partial charge in [-0.1, -0.05) is 31.1 Å². The third-order valence-corrected chi connectivity index (χ3v) is 16.4. The number of aromatic nitrogens is 7. The van der Waals surface area contributed by atoms with Crippen molar-refractivity contribution in [3.8, 4) is 17.2 Å². The van der Waals surface area contributed by atoms with Crippen LogP contribution in [0.5, 0.6) is 0 Å². The van der Waals surface area contributed by atoms with E-state index in [1.165, 1.54) is 42.9 Å². The minimum absolute atomic E-state index is 0.0156. The molecule has 4 atom stereocenters. The molecule has 3 aromatic carbocycles. The Morgan fingerprint density at radius 3 is 2.35 bits per heavy atom. The van der Waals surface area contributed by atoms with Crippen LogP contribution in [-0.4, -0.2) is 78.4 Å². The number of sulfone groups is 1. The number of aryl methyl sites for hydroxylation is 2. The Morgan fingerprint density at radius 2 is 1.70 bits per heavy atom. The van der Waals surface area contributed by atoms with E-state index in [1.807, 2.05) is 30.5 Å². The number of carbonyl (C=O) groups excluding carboxylic acids is 1. The smallest absolute Gasteiger partial charge is 0.381 e. The van der Waals surface area contributed by atoms with Crippen molar-refractivity contribution in [2.24, 2.45) is 5.92 Å². The molecule has 2 fully saturated rings. The van der Waals surface area contributed by atoms with Crippen LogP contribution in [0.1, 0.15) is 114 Å². The third-order valence-electron chi connectivity index (χ3n) is 14.3. The number of fused-ring (bicyclic) bond motifs is 2. The predicted octanol–water partition coefficient (Wildman–Crippen LogP) is 7.27. The molecular formula is C48H50F2N8O7S. The minimum atomic E-state index is -3.52. The molecule has 0 bridgehead atoms. The average Bonchev–Trinajstić information content (AvgIpc) is 3.80. The molecule has 3 aliphatic rings. The lowest BCUT2D eigenvalue weighted by molar-refractivity contribution is 0.0663. The second-order valence-electron chi connectivity index (χ2n) is 18.1. The molecule has 1 saturated heterocycles. The van der Waals surface area contributed by atoms with Crippen LogP contribution < -0.4 is 11.4 Å². The van der Waals surface area contributed by atoms with Gasteiger partial charge in [0.05, 0.1) is 28.4 Å². The number of carbonyl (C=O) groups is 1. The lowest BCUT2D eigenvalue weighted by Gasteiger charge is -2.34. The van der Waals surface area contributed by atoms with Crippen molar-refractivity contribution in [3.05, 3.63) is 145 Å². The quantitative estimate of drug-likeness (QED) is 0.148. The summed E-state index contributed by atoms with van der Waals surface area (Å²) < 4.78 is 73.1. The van der Waals surface area contributed by atoms with Crippen molar-refractivity contribution >= 4 is 26.6 Å². The summed E-state index contributed by atoms with van der Waals surface area (Å²) in [6, 6.07) is 14.8. The fourth-order valence-electron chi connectivity index (χ4n) is 10.4. The van der Waals surface area contributed by atoms with E-state index in [2.05, 4.69) is 22.3 Å². The first-order chi connectivity index (χ1) is 31.5. The molecule has 66 heavy (non-hydrogen) atoms. The normalized spacial score (nSPS) is 20.5. The molecule has 1 N–H and O–H groups in total. The lowest BCUT2D eigenvalue weighted by atomic mass is 9.91. The van der Waals surface area contributed by atoms with Crippen molar-refractivity contribution in [3.63, 3.8) is 0 Å². The maximum absolute atomic E-state index is 16.0.